The average molecular weight is 455 g/mol. The van der Waals surface area contributed by atoms with Crippen molar-refractivity contribution in [3.05, 3.63) is 35.9 Å². The third kappa shape index (κ3) is 5.51. The van der Waals surface area contributed by atoms with Crippen LogP contribution in [0.4, 0.5) is 4.79 Å². The molecule has 170 valence electrons. The topological polar surface area (TPSA) is 146 Å². The number of amides is 3. The summed E-state index contributed by atoms with van der Waals surface area (Å²) >= 11 is 0. The van der Waals surface area contributed by atoms with Gasteiger partial charge in [-0.2, -0.15) is 13.5 Å². The van der Waals surface area contributed by atoms with Crippen LogP contribution in [0.2, 0.25) is 0 Å². The minimum Gasteiger partial charge on any atom is -0.461 e. The van der Waals surface area contributed by atoms with Gasteiger partial charge in [-0.05, 0) is 25.0 Å². The predicted octanol–water partition coefficient (Wildman–Crippen LogP) is 0.817. The number of hydrogen-bond donors (Lipinski definition) is 1. The molecule has 2 atom stereocenters. The fourth-order valence-corrected chi connectivity index (χ4v) is 4.23. The number of nitrogens with two attached hydrogens (primary N) is 1. The number of carbonyl (C=O) groups excluding carboxylic acids is 3. The highest BCUT2D eigenvalue weighted by Gasteiger charge is 2.49. The molecule has 3 rings (SSSR count). The Labute approximate surface area is 180 Å². The highest BCUT2D eigenvalue weighted by Crippen LogP contribution is 2.31. The van der Waals surface area contributed by atoms with Crippen LogP contribution in [0.25, 0.3) is 0 Å². The molecule has 1 aromatic carbocycles. The van der Waals surface area contributed by atoms with Gasteiger partial charge in [0.1, 0.15) is 6.04 Å². The van der Waals surface area contributed by atoms with Gasteiger partial charge in [0.05, 0.1) is 24.8 Å². The summed E-state index contributed by atoms with van der Waals surface area (Å²) in [6.07, 6.45) is 0.693. The van der Waals surface area contributed by atoms with E-state index in [-0.39, 0.29) is 19.8 Å². The number of esters is 1. The molecule has 0 radical (unpaired) electrons. The van der Waals surface area contributed by atoms with Crippen molar-refractivity contribution in [3.8, 4) is 0 Å². The van der Waals surface area contributed by atoms with Gasteiger partial charge in [-0.25, -0.2) is 13.8 Å². The summed E-state index contributed by atoms with van der Waals surface area (Å²) in [5.41, 5.74) is 4.82. The maximum Gasteiger partial charge on any atom is 0.421 e. The second-order valence-electron chi connectivity index (χ2n) is 8.26. The first-order valence-corrected chi connectivity index (χ1v) is 11.0. The first kappa shape index (κ1) is 23.0. The van der Waals surface area contributed by atoms with Gasteiger partial charge in [-0.3, -0.25) is 4.79 Å². The van der Waals surface area contributed by atoms with E-state index in [2.05, 4.69) is 0 Å². The predicted molar refractivity (Wildman–Crippen MR) is 106 cm³/mol. The second kappa shape index (κ2) is 8.81. The van der Waals surface area contributed by atoms with Gasteiger partial charge in [-0.1, -0.05) is 32.0 Å². The Kier molecular flexibility index (Phi) is 6.53. The van der Waals surface area contributed by atoms with Crippen LogP contribution < -0.4 is 5.73 Å². The zero-order chi connectivity index (χ0) is 22.8. The maximum absolute atomic E-state index is 12.4. The van der Waals surface area contributed by atoms with Crippen LogP contribution >= 0.6 is 0 Å². The molecule has 2 aliphatic rings. The lowest BCUT2D eigenvalue weighted by Crippen LogP contribution is -2.47. The zero-order valence-corrected chi connectivity index (χ0v) is 18.0. The van der Waals surface area contributed by atoms with Crippen molar-refractivity contribution in [2.24, 2.45) is 11.1 Å². The van der Waals surface area contributed by atoms with Gasteiger partial charge in [0.25, 0.3) is 0 Å². The fraction of sp³-hybridized carbons (Fsp3) is 0.526. The normalized spacial score (nSPS) is 21.3. The zero-order valence-electron chi connectivity index (χ0n) is 17.2. The quantitative estimate of drug-likeness (QED) is 0.539. The van der Waals surface area contributed by atoms with Crippen LogP contribution in [-0.4, -0.2) is 68.1 Å². The molecule has 11 nitrogen and oxygen atoms in total. The molecule has 31 heavy (non-hydrogen) atoms. The van der Waals surface area contributed by atoms with Crippen molar-refractivity contribution in [1.29, 1.82) is 0 Å². The van der Waals surface area contributed by atoms with Crippen molar-refractivity contribution in [2.45, 2.75) is 38.8 Å². The van der Waals surface area contributed by atoms with E-state index in [0.717, 1.165) is 0 Å². The van der Waals surface area contributed by atoms with Crippen molar-refractivity contribution in [2.75, 3.05) is 19.8 Å². The summed E-state index contributed by atoms with van der Waals surface area (Å²) in [5.74, 6) is -1.19. The number of hydrogen-bond acceptors (Lipinski definition) is 8. The Morgan fingerprint density at radius 3 is 2.48 bits per heavy atom. The van der Waals surface area contributed by atoms with E-state index < -0.39 is 45.8 Å². The number of piperidine rings is 1. The minimum atomic E-state index is -4.58. The molecule has 0 spiro atoms. The summed E-state index contributed by atoms with van der Waals surface area (Å²) in [4.78, 5) is 37.2. The number of fused-ring (bicyclic) bond motifs is 2. The first-order valence-electron chi connectivity index (χ1n) is 9.69. The monoisotopic (exact) mass is 455 g/mol. The number of hydroxylamine groups is 2. The molecular formula is C19H25N3O8S. The molecule has 2 N–H and O–H groups in total. The van der Waals surface area contributed by atoms with Gasteiger partial charge >= 0.3 is 22.4 Å². The van der Waals surface area contributed by atoms with Crippen LogP contribution in [0, 0.1) is 5.41 Å². The summed E-state index contributed by atoms with van der Waals surface area (Å²) < 4.78 is 39.6. The number of rotatable bonds is 9. The van der Waals surface area contributed by atoms with Gasteiger partial charge in [-0.15, -0.1) is 4.28 Å². The number of ether oxygens (including phenoxy) is 1. The van der Waals surface area contributed by atoms with Crippen molar-refractivity contribution >= 4 is 28.3 Å². The van der Waals surface area contributed by atoms with E-state index in [9.17, 15) is 22.8 Å². The SMILES string of the molecule is CC(C)(COC(=O)c1ccccc1)COS(=O)(=O)ON1C(=O)N2C[C@H]1CC[C@H]2C(N)=O. The lowest BCUT2D eigenvalue weighted by atomic mass is 9.96. The smallest absolute Gasteiger partial charge is 0.421 e. The highest BCUT2D eigenvalue weighted by atomic mass is 32.3. The Hall–Kier alpha value is -2.70. The van der Waals surface area contributed by atoms with Crippen LogP contribution in [0.3, 0.4) is 0 Å². The van der Waals surface area contributed by atoms with Crippen molar-refractivity contribution in [1.82, 2.24) is 9.96 Å². The van der Waals surface area contributed by atoms with Gasteiger partial charge in [0, 0.05) is 12.0 Å². The Balaban J connectivity index is 1.53. The van der Waals surface area contributed by atoms with E-state index in [1.165, 1.54) is 4.90 Å². The molecule has 0 unspecified atom stereocenters. The third-order valence-electron chi connectivity index (χ3n) is 5.02. The lowest BCUT2D eigenvalue weighted by Gasteiger charge is -2.27. The van der Waals surface area contributed by atoms with E-state index in [4.69, 9.17) is 18.9 Å². The molecule has 1 aromatic rings. The Morgan fingerprint density at radius 1 is 1.16 bits per heavy atom. The van der Waals surface area contributed by atoms with E-state index in [1.54, 1.807) is 44.2 Å². The number of benzene rings is 1. The molecule has 2 bridgehead atoms. The second-order valence-corrected chi connectivity index (χ2v) is 9.46. The number of nitrogens with zero attached hydrogens (tertiary/aromatic N) is 2. The van der Waals surface area contributed by atoms with E-state index in [0.29, 0.717) is 23.5 Å². The molecule has 3 amide bonds. The number of urea groups is 1. The highest BCUT2D eigenvalue weighted by molar-refractivity contribution is 7.81. The minimum absolute atomic E-state index is 0.102. The molecule has 0 saturated carbocycles. The van der Waals surface area contributed by atoms with Crippen LogP contribution in [-0.2, 0) is 28.4 Å². The van der Waals surface area contributed by atoms with E-state index >= 15 is 0 Å². The number of primary amides is 1. The third-order valence-corrected chi connectivity index (χ3v) is 5.77. The van der Waals surface area contributed by atoms with Gasteiger partial charge < -0.3 is 15.4 Å². The largest absolute Gasteiger partial charge is 0.461 e. The standard InChI is InChI=1S/C19H25N3O8S/c1-19(2,11-28-17(24)13-6-4-3-5-7-13)12-29-31(26,27)30-22-14-8-9-15(16(20)23)21(10-14)18(22)25/h3-7,14-15H,8-12H2,1-2H3,(H2,20,23)/t14-,15+/m1/s1. The van der Waals surface area contributed by atoms with Crippen LogP contribution in [0.15, 0.2) is 30.3 Å². The fourth-order valence-electron chi connectivity index (χ4n) is 3.34. The molecule has 12 heteroatoms. The summed E-state index contributed by atoms with van der Waals surface area (Å²) in [7, 11) is -4.58. The van der Waals surface area contributed by atoms with Gasteiger partial charge in [0.2, 0.25) is 5.91 Å². The lowest BCUT2D eigenvalue weighted by molar-refractivity contribution is -0.122. The van der Waals surface area contributed by atoms with Crippen molar-refractivity contribution < 1.29 is 36.0 Å². The Bertz CT molecular complexity index is 950. The van der Waals surface area contributed by atoms with Crippen LogP contribution in [0.1, 0.15) is 37.0 Å². The first-order chi connectivity index (χ1) is 14.5. The van der Waals surface area contributed by atoms with Crippen molar-refractivity contribution in [3.63, 3.8) is 0 Å². The summed E-state index contributed by atoms with van der Waals surface area (Å²) in [6, 6.07) is 6.30. The molecule has 0 aliphatic carbocycles. The molecular weight excluding hydrogens is 430 g/mol. The molecule has 2 saturated heterocycles. The van der Waals surface area contributed by atoms with Gasteiger partial charge in [0.15, 0.2) is 0 Å². The average Bonchev–Trinajstić information content (AvgIpc) is 2.95. The molecule has 2 fully saturated rings. The van der Waals surface area contributed by atoms with Crippen LogP contribution in [0.5, 0.6) is 0 Å². The molecule has 2 heterocycles. The maximum atomic E-state index is 12.4. The van der Waals surface area contributed by atoms with E-state index in [1.807, 2.05) is 0 Å². The summed E-state index contributed by atoms with van der Waals surface area (Å²) in [6.45, 7) is 2.99. The molecule has 0 aromatic heterocycles. The number of carbonyl (C=O) groups is 3. The summed E-state index contributed by atoms with van der Waals surface area (Å²) in [5, 5.41) is 0.709. The molecule has 2 aliphatic heterocycles. The Morgan fingerprint density at radius 2 is 1.84 bits per heavy atom.